The van der Waals surface area contributed by atoms with Gasteiger partial charge in [-0.15, -0.1) is 0 Å². The third-order valence-corrected chi connectivity index (χ3v) is 9.15. The lowest BCUT2D eigenvalue weighted by atomic mass is 10.1. The molecule has 0 spiro atoms. The van der Waals surface area contributed by atoms with E-state index < -0.39 is 10.0 Å². The third kappa shape index (κ3) is 6.37. The summed E-state index contributed by atoms with van der Waals surface area (Å²) in [6.07, 6.45) is 0. The van der Waals surface area contributed by atoms with E-state index in [-0.39, 0.29) is 29.4 Å². The van der Waals surface area contributed by atoms with Gasteiger partial charge in [-0.2, -0.15) is 4.31 Å². The van der Waals surface area contributed by atoms with Gasteiger partial charge in [-0.05, 0) is 50.1 Å². The summed E-state index contributed by atoms with van der Waals surface area (Å²) < 4.78 is 33.7. The second kappa shape index (κ2) is 11.7. The van der Waals surface area contributed by atoms with Crippen molar-refractivity contribution in [1.29, 1.82) is 0 Å². The summed E-state index contributed by atoms with van der Waals surface area (Å²) >= 11 is 0. The largest absolute Gasteiger partial charge is 0.379 e. The molecule has 1 N–H and O–H groups in total. The number of morpholine rings is 1. The number of carbonyl (C=O) groups is 1. The molecule has 1 amide bonds. The monoisotopic (exact) mass is 525 g/mol. The molecule has 2 saturated heterocycles. The highest BCUT2D eigenvalue weighted by Crippen LogP contribution is 2.28. The van der Waals surface area contributed by atoms with Gasteiger partial charge in [0.2, 0.25) is 15.9 Å². The first-order chi connectivity index (χ1) is 17.7. The minimum atomic E-state index is -3.77. The Hall–Kier alpha value is -2.81. The van der Waals surface area contributed by atoms with Crippen LogP contribution >= 0.6 is 0 Å². The highest BCUT2D eigenvalue weighted by atomic mass is 32.2. The van der Waals surface area contributed by atoms with E-state index in [0.717, 1.165) is 44.1 Å². The van der Waals surface area contributed by atoms with Crippen molar-refractivity contribution in [2.75, 3.05) is 51.3 Å². The van der Waals surface area contributed by atoms with Gasteiger partial charge < -0.3 is 10.1 Å². The Bertz CT molecular complexity index is 1260. The molecule has 0 bridgehead atoms. The van der Waals surface area contributed by atoms with Crippen LogP contribution in [-0.2, 0) is 26.1 Å². The molecule has 0 aliphatic carbocycles. The molecule has 2 atom stereocenters. The lowest BCUT2D eigenvalue weighted by Crippen LogP contribution is -2.59. The summed E-state index contributed by atoms with van der Waals surface area (Å²) in [5, 5.41) is 3.06. The Morgan fingerprint density at radius 3 is 2.43 bits per heavy atom. The van der Waals surface area contributed by atoms with E-state index in [1.165, 1.54) is 22.0 Å². The van der Waals surface area contributed by atoms with Gasteiger partial charge in [0.25, 0.3) is 0 Å². The van der Waals surface area contributed by atoms with Gasteiger partial charge in [0.1, 0.15) is 0 Å². The molecule has 2 aliphatic rings. The number of nitrogens with one attached hydrogen (secondary N) is 1. The van der Waals surface area contributed by atoms with Crippen molar-refractivity contribution in [2.24, 2.45) is 0 Å². The number of carbonyl (C=O) groups excluding carboxylic acids is 1. The van der Waals surface area contributed by atoms with Gasteiger partial charge in [-0.25, -0.2) is 13.3 Å². The van der Waals surface area contributed by atoms with Crippen molar-refractivity contribution in [3.63, 3.8) is 0 Å². The molecule has 2 aromatic rings. The third-order valence-electron chi connectivity index (χ3n) is 7.02. The van der Waals surface area contributed by atoms with E-state index in [1.807, 2.05) is 37.8 Å². The average molecular weight is 526 g/mol. The maximum absolute atomic E-state index is 13.4. The van der Waals surface area contributed by atoms with Crippen LogP contribution in [0.3, 0.4) is 0 Å². The maximum atomic E-state index is 13.4. The molecule has 0 radical (unpaired) electrons. The summed E-state index contributed by atoms with van der Waals surface area (Å²) in [7, 11) is -3.77. The molecule has 0 aromatic heterocycles. The highest BCUT2D eigenvalue weighted by Gasteiger charge is 2.38. The molecule has 2 aromatic carbocycles. The number of benzene rings is 2. The van der Waals surface area contributed by atoms with Crippen molar-refractivity contribution in [3.8, 4) is 0 Å². The van der Waals surface area contributed by atoms with Crippen LogP contribution in [0.15, 0.2) is 47.4 Å². The first kappa shape index (κ1) is 27.2. The van der Waals surface area contributed by atoms with Gasteiger partial charge in [-0.3, -0.25) is 14.6 Å². The smallest absolute Gasteiger partial charge is 0.242 e. The van der Waals surface area contributed by atoms with Crippen molar-refractivity contribution in [2.45, 2.75) is 44.3 Å². The predicted molar refractivity (Wildman–Crippen MR) is 143 cm³/mol. The highest BCUT2D eigenvalue weighted by molar-refractivity contribution is 7.89. The summed E-state index contributed by atoms with van der Waals surface area (Å²) in [5.74, 6) is -0.118. The van der Waals surface area contributed by atoms with E-state index in [1.54, 1.807) is 12.1 Å². The number of sulfonamides is 1. The minimum Gasteiger partial charge on any atom is -0.379 e. The van der Waals surface area contributed by atoms with E-state index in [0.29, 0.717) is 18.8 Å². The zero-order valence-corrected chi connectivity index (χ0v) is 22.5. The van der Waals surface area contributed by atoms with Gasteiger partial charge in [0.05, 0.1) is 31.2 Å². The quantitative estimate of drug-likeness (QED) is 0.559. The standard InChI is InChI=1S/C27H35N5O4S/c1-20-16-31(17-21(2)32(20)37(34,35)25-9-6-8-24(15-25)28-4)19-27(33)29-26-10-5-7-23(22(26)3)18-30-11-13-36-14-12-30/h5-10,15,20-21H,11-14,16-19H2,1-3H3,(H,29,33). The molecule has 198 valence electrons. The van der Waals surface area contributed by atoms with Crippen LogP contribution in [0.1, 0.15) is 25.0 Å². The Kier molecular flexibility index (Phi) is 8.62. The molecular formula is C27H35N5O4S. The first-order valence-corrected chi connectivity index (χ1v) is 14.0. The Labute approximate surface area is 219 Å². The predicted octanol–water partition coefficient (Wildman–Crippen LogP) is 3.10. The Balaban J connectivity index is 1.38. The number of amides is 1. The topological polar surface area (TPSA) is 86.5 Å². The van der Waals surface area contributed by atoms with Crippen molar-refractivity contribution >= 4 is 27.3 Å². The molecule has 2 fully saturated rings. The minimum absolute atomic E-state index is 0.118. The van der Waals surface area contributed by atoms with Gasteiger partial charge in [0.15, 0.2) is 5.69 Å². The lowest BCUT2D eigenvalue weighted by molar-refractivity contribution is -0.118. The Morgan fingerprint density at radius 1 is 1.08 bits per heavy atom. The van der Waals surface area contributed by atoms with Crippen LogP contribution in [0.5, 0.6) is 0 Å². The molecular weight excluding hydrogens is 490 g/mol. The fourth-order valence-corrected chi connectivity index (χ4v) is 7.08. The van der Waals surface area contributed by atoms with Crippen molar-refractivity contribution in [1.82, 2.24) is 14.1 Å². The molecule has 2 unspecified atom stereocenters. The maximum Gasteiger partial charge on any atom is 0.242 e. The van der Waals surface area contributed by atoms with Gasteiger partial charge in [0, 0.05) is 50.5 Å². The number of hydrogen-bond donors (Lipinski definition) is 1. The van der Waals surface area contributed by atoms with E-state index in [4.69, 9.17) is 11.3 Å². The SMILES string of the molecule is [C-]#[N+]c1cccc(S(=O)(=O)N2C(C)CN(CC(=O)Nc3cccc(CN4CCOCC4)c3C)CC2C)c1. The second-order valence-electron chi connectivity index (χ2n) is 9.86. The number of rotatable bonds is 7. The molecule has 2 aliphatic heterocycles. The van der Waals surface area contributed by atoms with Crippen LogP contribution < -0.4 is 5.32 Å². The number of ether oxygens (including phenoxy) is 1. The lowest BCUT2D eigenvalue weighted by Gasteiger charge is -2.43. The Morgan fingerprint density at radius 2 is 1.76 bits per heavy atom. The second-order valence-corrected chi connectivity index (χ2v) is 11.7. The van der Waals surface area contributed by atoms with E-state index in [2.05, 4.69) is 21.1 Å². The molecule has 37 heavy (non-hydrogen) atoms. The average Bonchev–Trinajstić information content (AvgIpc) is 2.86. The summed E-state index contributed by atoms with van der Waals surface area (Å²) in [4.78, 5) is 20.8. The van der Waals surface area contributed by atoms with Crippen molar-refractivity contribution in [3.05, 3.63) is 65.0 Å². The first-order valence-electron chi connectivity index (χ1n) is 12.6. The molecule has 10 heteroatoms. The van der Waals surface area contributed by atoms with E-state index >= 15 is 0 Å². The van der Waals surface area contributed by atoms with Crippen LogP contribution in [0.4, 0.5) is 11.4 Å². The molecule has 0 saturated carbocycles. The zero-order valence-electron chi connectivity index (χ0n) is 21.7. The van der Waals surface area contributed by atoms with Crippen molar-refractivity contribution < 1.29 is 17.9 Å². The summed E-state index contributed by atoms with van der Waals surface area (Å²) in [5.41, 5.74) is 3.34. The van der Waals surface area contributed by atoms with Gasteiger partial charge >= 0.3 is 0 Å². The molecule has 2 heterocycles. The summed E-state index contributed by atoms with van der Waals surface area (Å²) in [6.45, 7) is 18.1. The van der Waals surface area contributed by atoms with Crippen LogP contribution in [0, 0.1) is 13.5 Å². The summed E-state index contributed by atoms with van der Waals surface area (Å²) in [6, 6.07) is 11.5. The number of anilines is 1. The van der Waals surface area contributed by atoms with Crippen LogP contribution in [0.2, 0.25) is 0 Å². The van der Waals surface area contributed by atoms with Crippen LogP contribution in [0.25, 0.3) is 4.85 Å². The number of nitrogens with zero attached hydrogens (tertiary/aromatic N) is 4. The number of hydrogen-bond acceptors (Lipinski definition) is 6. The molecule has 9 nitrogen and oxygen atoms in total. The van der Waals surface area contributed by atoms with E-state index in [9.17, 15) is 13.2 Å². The normalized spacial score (nSPS) is 21.9. The zero-order chi connectivity index (χ0) is 26.6. The fraction of sp³-hybridized carbons (Fsp3) is 0.481. The molecule has 4 rings (SSSR count). The van der Waals surface area contributed by atoms with Crippen LogP contribution in [-0.4, -0.2) is 86.5 Å². The fourth-order valence-electron chi connectivity index (χ4n) is 5.24. The van der Waals surface area contributed by atoms with Gasteiger partial charge in [-0.1, -0.05) is 24.3 Å². The number of piperazine rings is 1.